The molecule has 26 heavy (non-hydrogen) atoms. The van der Waals surface area contributed by atoms with Crippen LogP contribution in [0.2, 0.25) is 0 Å². The fraction of sp³-hybridized carbons (Fsp3) is 0.353. The van der Waals surface area contributed by atoms with E-state index in [2.05, 4.69) is 15.2 Å². The number of hydrogen-bond donors (Lipinski definition) is 2. The Labute approximate surface area is 146 Å². The molecule has 1 fully saturated rings. The average Bonchev–Trinajstić information content (AvgIpc) is 3.07. The molecule has 3 rings (SSSR count). The number of hydrogen-bond acceptors (Lipinski definition) is 2. The quantitative estimate of drug-likeness (QED) is 0.489. The number of piperidine rings is 1. The molecule has 0 bridgehead atoms. The van der Waals surface area contributed by atoms with Gasteiger partial charge in [-0.3, -0.25) is 4.79 Å². The molecular formula is C17H16F5N3O. The van der Waals surface area contributed by atoms with Crippen molar-refractivity contribution in [3.05, 3.63) is 52.5 Å². The van der Waals surface area contributed by atoms with Crippen molar-refractivity contribution in [1.29, 1.82) is 0 Å². The van der Waals surface area contributed by atoms with Crippen molar-refractivity contribution >= 4 is 11.7 Å². The van der Waals surface area contributed by atoms with Crippen LogP contribution in [0.1, 0.15) is 34.7 Å². The number of halogens is 5. The number of likely N-dealkylation sites (tertiary alicyclic amines) is 1. The van der Waals surface area contributed by atoms with Crippen LogP contribution in [0.5, 0.6) is 0 Å². The number of amides is 1. The van der Waals surface area contributed by atoms with Crippen molar-refractivity contribution in [2.24, 2.45) is 0 Å². The number of rotatable bonds is 3. The summed E-state index contributed by atoms with van der Waals surface area (Å²) in [6, 6.07) is 1.60. The zero-order chi connectivity index (χ0) is 19.0. The Morgan fingerprint density at radius 1 is 1.04 bits per heavy atom. The highest BCUT2D eigenvalue weighted by molar-refractivity contribution is 6.04. The van der Waals surface area contributed by atoms with E-state index in [-0.39, 0.29) is 11.7 Å². The molecule has 1 amide bonds. The molecule has 1 saturated heterocycles. The van der Waals surface area contributed by atoms with Crippen LogP contribution in [-0.4, -0.2) is 35.9 Å². The lowest BCUT2D eigenvalue weighted by molar-refractivity contribution is 0.101. The summed E-state index contributed by atoms with van der Waals surface area (Å²) in [5.41, 5.74) is -0.609. The van der Waals surface area contributed by atoms with Crippen LogP contribution in [0, 0.1) is 29.1 Å². The molecule has 1 aliphatic heterocycles. The van der Waals surface area contributed by atoms with Crippen molar-refractivity contribution in [2.75, 3.05) is 25.5 Å². The van der Waals surface area contributed by atoms with Crippen LogP contribution < -0.4 is 5.32 Å². The minimum atomic E-state index is -2.30. The first kappa shape index (κ1) is 18.4. The highest BCUT2D eigenvalue weighted by Crippen LogP contribution is 2.29. The Bertz CT molecular complexity index is 814. The topological polar surface area (TPSA) is 48.1 Å². The average molecular weight is 373 g/mol. The highest BCUT2D eigenvalue weighted by Gasteiger charge is 2.30. The van der Waals surface area contributed by atoms with Crippen LogP contribution in [0.3, 0.4) is 0 Å². The maximum atomic E-state index is 13.7. The molecule has 1 aromatic heterocycles. The van der Waals surface area contributed by atoms with Crippen LogP contribution in [0.25, 0.3) is 0 Å². The summed E-state index contributed by atoms with van der Waals surface area (Å²) < 4.78 is 66.9. The fourth-order valence-corrected chi connectivity index (χ4v) is 3.05. The number of nitrogens with one attached hydrogen (secondary N) is 2. The van der Waals surface area contributed by atoms with Gasteiger partial charge in [0.1, 0.15) is 11.4 Å². The summed E-state index contributed by atoms with van der Waals surface area (Å²) in [6.45, 7) is 1.84. The van der Waals surface area contributed by atoms with Gasteiger partial charge in [-0.05, 0) is 50.5 Å². The lowest BCUT2D eigenvalue weighted by Gasteiger charge is -2.28. The molecule has 0 unspecified atom stereocenters. The van der Waals surface area contributed by atoms with Gasteiger partial charge < -0.3 is 15.2 Å². The third-order valence-electron chi connectivity index (χ3n) is 4.58. The minimum Gasteiger partial charge on any atom is -0.348 e. The van der Waals surface area contributed by atoms with Crippen LogP contribution in [-0.2, 0) is 0 Å². The summed E-state index contributed by atoms with van der Waals surface area (Å²) in [5.74, 6) is -12.0. The van der Waals surface area contributed by atoms with Gasteiger partial charge >= 0.3 is 0 Å². The second-order valence-electron chi connectivity index (χ2n) is 6.32. The maximum Gasteiger partial charge on any atom is 0.262 e. The molecule has 0 atom stereocenters. The van der Waals surface area contributed by atoms with E-state index in [1.54, 1.807) is 12.3 Å². The molecule has 0 radical (unpaired) electrons. The van der Waals surface area contributed by atoms with Gasteiger partial charge in [0.15, 0.2) is 23.3 Å². The lowest BCUT2D eigenvalue weighted by atomic mass is 9.91. The standard InChI is InChI=1S/C17H16F5N3O/c1-25-4-2-8(3-5-25)9-6-10(23-7-9)24-17(26)11-12(18)14(20)16(22)15(21)13(11)19/h6-8,23H,2-5H2,1H3,(H,24,26). The van der Waals surface area contributed by atoms with Gasteiger partial charge in [-0.15, -0.1) is 0 Å². The number of H-pyrrole nitrogens is 1. The van der Waals surface area contributed by atoms with E-state index in [0.29, 0.717) is 0 Å². The third kappa shape index (κ3) is 3.31. The second kappa shape index (κ2) is 7.06. The summed E-state index contributed by atoms with van der Waals surface area (Å²) in [4.78, 5) is 17.0. The van der Waals surface area contributed by atoms with E-state index in [9.17, 15) is 26.7 Å². The number of aromatic amines is 1. The van der Waals surface area contributed by atoms with E-state index in [1.165, 1.54) is 0 Å². The summed E-state index contributed by atoms with van der Waals surface area (Å²) in [5, 5.41) is 2.14. The molecule has 0 spiro atoms. The number of benzene rings is 1. The number of anilines is 1. The Kier molecular flexibility index (Phi) is 4.99. The van der Waals surface area contributed by atoms with Gasteiger partial charge in [0.05, 0.1) is 0 Å². The molecule has 1 aliphatic rings. The molecule has 2 N–H and O–H groups in total. The number of carbonyl (C=O) groups excluding carboxylic acids is 1. The van der Waals surface area contributed by atoms with Crippen molar-refractivity contribution in [3.8, 4) is 0 Å². The predicted octanol–water partition coefficient (Wildman–Crippen LogP) is 3.77. The summed E-state index contributed by atoms with van der Waals surface area (Å²) in [7, 11) is 2.02. The lowest BCUT2D eigenvalue weighted by Crippen LogP contribution is -2.29. The van der Waals surface area contributed by atoms with Crippen molar-refractivity contribution < 1.29 is 26.7 Å². The molecule has 9 heteroatoms. The van der Waals surface area contributed by atoms with Gasteiger partial charge in [0.25, 0.3) is 5.91 Å². The molecular weight excluding hydrogens is 357 g/mol. The Morgan fingerprint density at radius 2 is 1.58 bits per heavy atom. The Hall–Kier alpha value is -2.42. The fourth-order valence-electron chi connectivity index (χ4n) is 3.05. The molecule has 140 valence electrons. The normalized spacial score (nSPS) is 16.1. The van der Waals surface area contributed by atoms with E-state index in [0.717, 1.165) is 31.5 Å². The van der Waals surface area contributed by atoms with Crippen LogP contribution >= 0.6 is 0 Å². The predicted molar refractivity (Wildman–Crippen MR) is 84.4 cm³/mol. The van der Waals surface area contributed by atoms with Crippen molar-refractivity contribution in [3.63, 3.8) is 0 Å². The Morgan fingerprint density at radius 3 is 2.15 bits per heavy atom. The molecule has 2 heterocycles. The monoisotopic (exact) mass is 373 g/mol. The van der Waals surface area contributed by atoms with Crippen molar-refractivity contribution in [2.45, 2.75) is 18.8 Å². The van der Waals surface area contributed by atoms with Gasteiger partial charge in [0.2, 0.25) is 5.82 Å². The van der Waals surface area contributed by atoms with Gasteiger partial charge in [-0.2, -0.15) is 0 Å². The molecule has 4 nitrogen and oxygen atoms in total. The number of nitrogens with zero attached hydrogens (tertiary/aromatic N) is 1. The molecule has 0 aliphatic carbocycles. The first-order valence-electron chi connectivity index (χ1n) is 7.99. The zero-order valence-corrected chi connectivity index (χ0v) is 13.8. The Balaban J connectivity index is 1.79. The van der Waals surface area contributed by atoms with E-state index in [4.69, 9.17) is 0 Å². The minimum absolute atomic E-state index is 0.118. The molecule has 2 aromatic rings. The first-order chi connectivity index (χ1) is 12.3. The van der Waals surface area contributed by atoms with Crippen molar-refractivity contribution in [1.82, 2.24) is 9.88 Å². The van der Waals surface area contributed by atoms with Gasteiger partial charge in [-0.1, -0.05) is 0 Å². The summed E-state index contributed by atoms with van der Waals surface area (Å²) >= 11 is 0. The third-order valence-corrected chi connectivity index (χ3v) is 4.58. The highest BCUT2D eigenvalue weighted by atomic mass is 19.2. The molecule has 0 saturated carbocycles. The summed E-state index contributed by atoms with van der Waals surface area (Å²) in [6.07, 6.45) is 3.49. The van der Waals surface area contributed by atoms with Crippen LogP contribution in [0.15, 0.2) is 12.3 Å². The maximum absolute atomic E-state index is 13.7. The van der Waals surface area contributed by atoms with Gasteiger partial charge in [0, 0.05) is 6.20 Å². The van der Waals surface area contributed by atoms with E-state index in [1.807, 2.05) is 7.05 Å². The first-order valence-corrected chi connectivity index (χ1v) is 7.99. The second-order valence-corrected chi connectivity index (χ2v) is 6.32. The number of carbonyl (C=O) groups is 1. The smallest absolute Gasteiger partial charge is 0.262 e. The number of aromatic nitrogens is 1. The van der Waals surface area contributed by atoms with E-state index >= 15 is 0 Å². The van der Waals surface area contributed by atoms with Gasteiger partial charge in [-0.25, -0.2) is 22.0 Å². The molecule has 1 aromatic carbocycles. The zero-order valence-electron chi connectivity index (χ0n) is 13.8. The SMILES string of the molecule is CN1CCC(c2c[nH]c(NC(=O)c3c(F)c(F)c(F)c(F)c3F)c2)CC1. The largest absolute Gasteiger partial charge is 0.348 e. The van der Waals surface area contributed by atoms with E-state index < -0.39 is 40.6 Å². The van der Waals surface area contributed by atoms with Crippen LogP contribution in [0.4, 0.5) is 27.8 Å².